The van der Waals surface area contributed by atoms with Crippen molar-refractivity contribution in [3.8, 4) is 5.75 Å². The lowest BCUT2D eigenvalue weighted by atomic mass is 9.89. The molecule has 1 rings (SSSR count). The Morgan fingerprint density at radius 1 is 0.438 bits per heavy atom. The van der Waals surface area contributed by atoms with Gasteiger partial charge in [0.1, 0.15) is 5.75 Å². The molecule has 32 heavy (non-hydrogen) atoms. The summed E-state index contributed by atoms with van der Waals surface area (Å²) in [5, 5.41) is 10.7. The number of benzene rings is 1. The van der Waals surface area contributed by atoms with Crippen LogP contribution in [0.4, 0.5) is 0 Å². The Labute approximate surface area is 201 Å². The number of rotatable bonds is 22. The highest BCUT2D eigenvalue weighted by molar-refractivity contribution is 5.45. The average molecular weight is 445 g/mol. The number of phenols is 1. The SMILES string of the molecule is CCCCCCCCCCCCc1c(O)ccc(CCCC)c1CCCCCCCCC. The fourth-order valence-corrected chi connectivity index (χ4v) is 4.97. The van der Waals surface area contributed by atoms with Crippen LogP contribution in [0.1, 0.15) is 159 Å². The molecule has 0 fully saturated rings. The number of unbranched alkanes of at least 4 members (excludes halogenated alkanes) is 16. The topological polar surface area (TPSA) is 20.2 Å². The normalized spacial score (nSPS) is 11.3. The van der Waals surface area contributed by atoms with Crippen molar-refractivity contribution in [1.29, 1.82) is 0 Å². The van der Waals surface area contributed by atoms with Gasteiger partial charge in [0, 0.05) is 0 Å². The van der Waals surface area contributed by atoms with Crippen LogP contribution in [0.5, 0.6) is 5.75 Å². The van der Waals surface area contributed by atoms with Crippen LogP contribution in [0.25, 0.3) is 0 Å². The molecular formula is C31H56O. The monoisotopic (exact) mass is 444 g/mol. The quantitative estimate of drug-likeness (QED) is 0.176. The highest BCUT2D eigenvalue weighted by Gasteiger charge is 2.13. The molecule has 0 spiro atoms. The summed E-state index contributed by atoms with van der Waals surface area (Å²) in [5.74, 6) is 0.555. The summed E-state index contributed by atoms with van der Waals surface area (Å²) in [6, 6.07) is 4.19. The van der Waals surface area contributed by atoms with Gasteiger partial charge in [-0.1, -0.05) is 130 Å². The summed E-state index contributed by atoms with van der Waals surface area (Å²) in [6.45, 7) is 6.86. The standard InChI is InChI=1S/C31H56O/c1-4-7-10-12-14-15-16-18-20-22-25-30-29(24-21-19-17-13-11-8-5-2)28(23-9-6-3)26-27-31(30)32/h26-27,32H,4-25H2,1-3H3. The fourth-order valence-electron chi connectivity index (χ4n) is 4.97. The maximum atomic E-state index is 10.7. The van der Waals surface area contributed by atoms with Gasteiger partial charge in [0.25, 0.3) is 0 Å². The van der Waals surface area contributed by atoms with Crippen LogP contribution in [-0.4, -0.2) is 5.11 Å². The molecule has 1 aromatic rings. The molecular weight excluding hydrogens is 388 g/mol. The second kappa shape index (κ2) is 20.6. The predicted octanol–water partition coefficient (Wildman–Crippen LogP) is 10.5. The van der Waals surface area contributed by atoms with Crippen molar-refractivity contribution in [2.24, 2.45) is 0 Å². The molecule has 0 aliphatic rings. The minimum atomic E-state index is 0.555. The minimum Gasteiger partial charge on any atom is -0.508 e. The fraction of sp³-hybridized carbons (Fsp3) is 0.806. The summed E-state index contributed by atoms with van der Waals surface area (Å²) in [4.78, 5) is 0. The lowest BCUT2D eigenvalue weighted by Gasteiger charge is -2.17. The highest BCUT2D eigenvalue weighted by Crippen LogP contribution is 2.29. The molecule has 0 unspecified atom stereocenters. The number of hydrogen-bond donors (Lipinski definition) is 1. The van der Waals surface area contributed by atoms with Gasteiger partial charge in [0.2, 0.25) is 0 Å². The van der Waals surface area contributed by atoms with E-state index in [-0.39, 0.29) is 0 Å². The zero-order valence-electron chi connectivity index (χ0n) is 22.2. The van der Waals surface area contributed by atoms with Crippen LogP contribution in [0.15, 0.2) is 12.1 Å². The molecule has 0 saturated heterocycles. The third-order valence-electron chi connectivity index (χ3n) is 7.11. The van der Waals surface area contributed by atoms with E-state index in [1.165, 1.54) is 145 Å². The first-order valence-electron chi connectivity index (χ1n) is 14.6. The maximum absolute atomic E-state index is 10.7. The second-order valence-electron chi connectivity index (χ2n) is 10.1. The molecule has 0 aliphatic heterocycles. The lowest BCUT2D eigenvalue weighted by Crippen LogP contribution is -2.02. The molecule has 0 atom stereocenters. The van der Waals surface area contributed by atoms with Crippen molar-refractivity contribution in [2.75, 3.05) is 0 Å². The van der Waals surface area contributed by atoms with Crippen molar-refractivity contribution < 1.29 is 5.11 Å². The molecule has 0 heterocycles. The van der Waals surface area contributed by atoms with Crippen LogP contribution in [0, 0.1) is 0 Å². The zero-order chi connectivity index (χ0) is 23.3. The van der Waals surface area contributed by atoms with Crippen molar-refractivity contribution in [2.45, 2.75) is 162 Å². The Bertz CT molecular complexity index is 548. The number of phenolic OH excluding ortho intramolecular Hbond substituents is 1. The highest BCUT2D eigenvalue weighted by atomic mass is 16.3. The van der Waals surface area contributed by atoms with E-state index in [4.69, 9.17) is 0 Å². The molecule has 0 saturated carbocycles. The molecule has 0 aliphatic carbocycles. The number of aryl methyl sites for hydroxylation is 1. The van der Waals surface area contributed by atoms with E-state index in [0.717, 1.165) is 12.8 Å². The Hall–Kier alpha value is -0.980. The molecule has 0 radical (unpaired) electrons. The van der Waals surface area contributed by atoms with E-state index in [9.17, 15) is 5.11 Å². The Morgan fingerprint density at radius 2 is 0.844 bits per heavy atom. The molecule has 1 heteroatoms. The first-order chi connectivity index (χ1) is 15.7. The van der Waals surface area contributed by atoms with Gasteiger partial charge < -0.3 is 5.11 Å². The first-order valence-corrected chi connectivity index (χ1v) is 14.6. The van der Waals surface area contributed by atoms with Gasteiger partial charge in [-0.25, -0.2) is 0 Å². The average Bonchev–Trinajstić information content (AvgIpc) is 2.80. The van der Waals surface area contributed by atoms with Gasteiger partial charge in [-0.3, -0.25) is 0 Å². The molecule has 0 amide bonds. The summed E-state index contributed by atoms with van der Waals surface area (Å²) < 4.78 is 0. The molecule has 1 aromatic carbocycles. The Kier molecular flexibility index (Phi) is 18.7. The van der Waals surface area contributed by atoms with Crippen LogP contribution >= 0.6 is 0 Å². The first kappa shape index (κ1) is 29.1. The van der Waals surface area contributed by atoms with Crippen LogP contribution in [-0.2, 0) is 19.3 Å². The Balaban J connectivity index is 2.47. The van der Waals surface area contributed by atoms with Gasteiger partial charge in [-0.15, -0.1) is 0 Å². The second-order valence-corrected chi connectivity index (χ2v) is 10.1. The summed E-state index contributed by atoms with van der Waals surface area (Å²) >= 11 is 0. The lowest BCUT2D eigenvalue weighted by molar-refractivity contribution is 0.463. The third-order valence-corrected chi connectivity index (χ3v) is 7.11. The largest absolute Gasteiger partial charge is 0.508 e. The molecule has 1 N–H and O–H groups in total. The Morgan fingerprint density at radius 3 is 1.31 bits per heavy atom. The predicted molar refractivity (Wildman–Crippen MR) is 144 cm³/mol. The molecule has 186 valence electrons. The summed E-state index contributed by atoms with van der Waals surface area (Å²) in [7, 11) is 0. The van der Waals surface area contributed by atoms with Gasteiger partial charge in [-0.05, 0) is 61.3 Å². The number of aromatic hydroxyl groups is 1. The van der Waals surface area contributed by atoms with Crippen molar-refractivity contribution >= 4 is 0 Å². The van der Waals surface area contributed by atoms with Crippen LogP contribution < -0.4 is 0 Å². The van der Waals surface area contributed by atoms with Gasteiger partial charge in [0.05, 0.1) is 0 Å². The number of hydrogen-bond acceptors (Lipinski definition) is 1. The van der Waals surface area contributed by atoms with Crippen molar-refractivity contribution in [1.82, 2.24) is 0 Å². The van der Waals surface area contributed by atoms with E-state index < -0.39 is 0 Å². The summed E-state index contributed by atoms with van der Waals surface area (Å²) in [5.41, 5.74) is 4.30. The van der Waals surface area contributed by atoms with Crippen molar-refractivity contribution in [3.05, 3.63) is 28.8 Å². The summed E-state index contributed by atoms with van der Waals surface area (Å²) in [6.07, 6.45) is 29.1. The van der Waals surface area contributed by atoms with Crippen molar-refractivity contribution in [3.63, 3.8) is 0 Å². The zero-order valence-corrected chi connectivity index (χ0v) is 22.2. The van der Waals surface area contributed by atoms with E-state index in [1.807, 2.05) is 6.07 Å². The molecule has 1 nitrogen and oxygen atoms in total. The van der Waals surface area contributed by atoms with Crippen LogP contribution in [0.3, 0.4) is 0 Å². The van der Waals surface area contributed by atoms with Gasteiger partial charge in [0.15, 0.2) is 0 Å². The third kappa shape index (κ3) is 13.5. The van der Waals surface area contributed by atoms with E-state index >= 15 is 0 Å². The molecule has 0 bridgehead atoms. The van der Waals surface area contributed by atoms with E-state index in [0.29, 0.717) is 5.75 Å². The molecule has 0 aromatic heterocycles. The van der Waals surface area contributed by atoms with Gasteiger partial charge >= 0.3 is 0 Å². The smallest absolute Gasteiger partial charge is 0.119 e. The maximum Gasteiger partial charge on any atom is 0.119 e. The van der Waals surface area contributed by atoms with E-state index in [2.05, 4.69) is 26.8 Å². The minimum absolute atomic E-state index is 0.555. The van der Waals surface area contributed by atoms with Crippen LogP contribution in [0.2, 0.25) is 0 Å². The van der Waals surface area contributed by atoms with Gasteiger partial charge in [-0.2, -0.15) is 0 Å². The van der Waals surface area contributed by atoms with E-state index in [1.54, 1.807) is 0 Å².